The summed E-state index contributed by atoms with van der Waals surface area (Å²) in [6, 6.07) is 7.87. The fraction of sp³-hybridized carbons (Fsp3) is 0.500. The highest BCUT2D eigenvalue weighted by Gasteiger charge is 2.35. The zero-order chi connectivity index (χ0) is 15.2. The molecule has 0 aromatic heterocycles. The van der Waals surface area contributed by atoms with Crippen LogP contribution in [0.1, 0.15) is 25.3 Å². The Balaban J connectivity index is 0.00000242. The van der Waals surface area contributed by atoms with Crippen molar-refractivity contribution in [3.8, 4) is 0 Å². The summed E-state index contributed by atoms with van der Waals surface area (Å²) in [5.74, 6) is -0.289. The van der Waals surface area contributed by atoms with Gasteiger partial charge in [-0.15, -0.1) is 12.4 Å². The monoisotopic (exact) mass is 325 g/mol. The van der Waals surface area contributed by atoms with Crippen LogP contribution in [0.25, 0.3) is 0 Å². The SMILES string of the molecule is CCc1ccccc1N1CC(C(=O)NCCCN)CC1=O.Cl. The number of halogens is 1. The second-order valence-corrected chi connectivity index (χ2v) is 5.32. The van der Waals surface area contributed by atoms with Crippen molar-refractivity contribution in [3.63, 3.8) is 0 Å². The molecule has 1 aromatic rings. The predicted octanol–water partition coefficient (Wildman–Crippen LogP) is 1.49. The molecule has 1 aliphatic heterocycles. The van der Waals surface area contributed by atoms with Crippen LogP contribution in [-0.2, 0) is 16.0 Å². The Bertz CT molecular complexity index is 522. The quantitative estimate of drug-likeness (QED) is 0.778. The van der Waals surface area contributed by atoms with E-state index < -0.39 is 0 Å². The van der Waals surface area contributed by atoms with Gasteiger partial charge in [-0.05, 0) is 31.0 Å². The number of hydrogen-bond donors (Lipinski definition) is 2. The summed E-state index contributed by atoms with van der Waals surface area (Å²) in [6.45, 7) is 3.66. The summed E-state index contributed by atoms with van der Waals surface area (Å²) < 4.78 is 0. The van der Waals surface area contributed by atoms with Crippen molar-refractivity contribution in [1.82, 2.24) is 5.32 Å². The molecule has 122 valence electrons. The first-order chi connectivity index (χ1) is 10.2. The van der Waals surface area contributed by atoms with Gasteiger partial charge in [0.2, 0.25) is 11.8 Å². The zero-order valence-electron chi connectivity index (χ0n) is 12.9. The number of carbonyl (C=O) groups excluding carboxylic acids is 2. The van der Waals surface area contributed by atoms with Gasteiger partial charge in [-0.25, -0.2) is 0 Å². The van der Waals surface area contributed by atoms with Gasteiger partial charge in [0, 0.05) is 25.2 Å². The topological polar surface area (TPSA) is 75.4 Å². The van der Waals surface area contributed by atoms with Gasteiger partial charge in [0.15, 0.2) is 0 Å². The second kappa shape index (κ2) is 8.76. The van der Waals surface area contributed by atoms with Gasteiger partial charge in [-0.2, -0.15) is 0 Å². The van der Waals surface area contributed by atoms with Crippen LogP contribution in [0.15, 0.2) is 24.3 Å². The normalized spacial score (nSPS) is 17.3. The van der Waals surface area contributed by atoms with E-state index in [0.717, 1.165) is 24.1 Å². The molecule has 1 saturated heterocycles. The van der Waals surface area contributed by atoms with Crippen molar-refractivity contribution < 1.29 is 9.59 Å². The fourth-order valence-corrected chi connectivity index (χ4v) is 2.65. The second-order valence-electron chi connectivity index (χ2n) is 5.32. The molecule has 1 aliphatic rings. The number of aryl methyl sites for hydroxylation is 1. The Morgan fingerprint density at radius 1 is 1.41 bits per heavy atom. The molecular weight excluding hydrogens is 302 g/mol. The average Bonchev–Trinajstić information content (AvgIpc) is 2.89. The number of benzene rings is 1. The van der Waals surface area contributed by atoms with Crippen LogP contribution in [0, 0.1) is 5.92 Å². The summed E-state index contributed by atoms with van der Waals surface area (Å²) >= 11 is 0. The van der Waals surface area contributed by atoms with Gasteiger partial charge in [0.25, 0.3) is 0 Å². The number of rotatable bonds is 6. The Labute approximate surface area is 137 Å². The lowest BCUT2D eigenvalue weighted by atomic mass is 10.1. The number of amides is 2. The molecule has 0 spiro atoms. The minimum Gasteiger partial charge on any atom is -0.356 e. The van der Waals surface area contributed by atoms with E-state index >= 15 is 0 Å². The molecule has 1 unspecified atom stereocenters. The van der Waals surface area contributed by atoms with Crippen molar-refractivity contribution in [3.05, 3.63) is 29.8 Å². The largest absolute Gasteiger partial charge is 0.356 e. The van der Waals surface area contributed by atoms with Gasteiger partial charge in [0.1, 0.15) is 0 Å². The van der Waals surface area contributed by atoms with Crippen LogP contribution >= 0.6 is 12.4 Å². The molecule has 0 radical (unpaired) electrons. The Hall–Kier alpha value is -1.59. The summed E-state index contributed by atoms with van der Waals surface area (Å²) in [5.41, 5.74) is 7.47. The lowest BCUT2D eigenvalue weighted by molar-refractivity contribution is -0.126. The first-order valence-corrected chi connectivity index (χ1v) is 7.53. The minimum absolute atomic E-state index is 0. The Morgan fingerprint density at radius 3 is 2.82 bits per heavy atom. The van der Waals surface area contributed by atoms with Crippen molar-refractivity contribution >= 4 is 29.9 Å². The molecule has 2 rings (SSSR count). The number of nitrogens with one attached hydrogen (secondary N) is 1. The van der Waals surface area contributed by atoms with E-state index in [4.69, 9.17) is 5.73 Å². The zero-order valence-corrected chi connectivity index (χ0v) is 13.7. The van der Waals surface area contributed by atoms with E-state index in [1.807, 2.05) is 24.3 Å². The Kier molecular flexibility index (Phi) is 7.35. The molecule has 0 bridgehead atoms. The molecular formula is C16H24ClN3O2. The highest BCUT2D eigenvalue weighted by Crippen LogP contribution is 2.28. The van der Waals surface area contributed by atoms with E-state index in [-0.39, 0.29) is 36.6 Å². The van der Waals surface area contributed by atoms with E-state index in [0.29, 0.717) is 19.6 Å². The minimum atomic E-state index is -0.264. The third-order valence-corrected chi connectivity index (χ3v) is 3.84. The van der Waals surface area contributed by atoms with Crippen molar-refractivity contribution in [2.45, 2.75) is 26.2 Å². The maximum absolute atomic E-state index is 12.2. The lowest BCUT2D eigenvalue weighted by Gasteiger charge is -2.19. The average molecular weight is 326 g/mol. The smallest absolute Gasteiger partial charge is 0.227 e. The number of carbonyl (C=O) groups is 2. The summed E-state index contributed by atoms with van der Waals surface area (Å²) in [6.07, 6.45) is 1.91. The van der Waals surface area contributed by atoms with Crippen LogP contribution in [0.5, 0.6) is 0 Å². The molecule has 6 heteroatoms. The third kappa shape index (κ3) is 4.21. The summed E-state index contributed by atoms with van der Waals surface area (Å²) in [7, 11) is 0. The first kappa shape index (κ1) is 18.5. The summed E-state index contributed by atoms with van der Waals surface area (Å²) in [5, 5.41) is 2.85. The van der Waals surface area contributed by atoms with E-state index in [1.54, 1.807) is 4.90 Å². The van der Waals surface area contributed by atoms with Gasteiger partial charge in [-0.1, -0.05) is 25.1 Å². The third-order valence-electron chi connectivity index (χ3n) is 3.84. The van der Waals surface area contributed by atoms with Gasteiger partial charge < -0.3 is 16.0 Å². The van der Waals surface area contributed by atoms with Crippen LogP contribution in [0.3, 0.4) is 0 Å². The summed E-state index contributed by atoms with van der Waals surface area (Å²) in [4.78, 5) is 26.0. The molecule has 0 aliphatic carbocycles. The molecule has 0 saturated carbocycles. The number of para-hydroxylation sites is 1. The fourth-order valence-electron chi connectivity index (χ4n) is 2.65. The standard InChI is InChI=1S/C16H23N3O2.ClH/c1-2-12-6-3-4-7-14(12)19-11-13(10-15(19)20)16(21)18-9-5-8-17;/h3-4,6-7,13H,2,5,8-11,17H2,1H3,(H,18,21);1H. The van der Waals surface area contributed by atoms with Crippen molar-refractivity contribution in [2.75, 3.05) is 24.5 Å². The number of hydrogen-bond acceptors (Lipinski definition) is 3. The maximum Gasteiger partial charge on any atom is 0.227 e. The number of nitrogens with two attached hydrogens (primary N) is 1. The number of nitrogens with zero attached hydrogens (tertiary/aromatic N) is 1. The predicted molar refractivity (Wildman–Crippen MR) is 90.2 cm³/mol. The molecule has 3 N–H and O–H groups in total. The molecule has 5 nitrogen and oxygen atoms in total. The van der Waals surface area contributed by atoms with Crippen LogP contribution in [0.2, 0.25) is 0 Å². The highest BCUT2D eigenvalue weighted by atomic mass is 35.5. The van der Waals surface area contributed by atoms with Crippen LogP contribution in [-0.4, -0.2) is 31.4 Å². The van der Waals surface area contributed by atoms with Crippen LogP contribution in [0.4, 0.5) is 5.69 Å². The van der Waals surface area contributed by atoms with Crippen molar-refractivity contribution in [1.29, 1.82) is 0 Å². The van der Waals surface area contributed by atoms with E-state index in [1.165, 1.54) is 0 Å². The van der Waals surface area contributed by atoms with Gasteiger partial charge in [0.05, 0.1) is 5.92 Å². The van der Waals surface area contributed by atoms with Gasteiger partial charge >= 0.3 is 0 Å². The Morgan fingerprint density at radius 2 is 2.14 bits per heavy atom. The van der Waals surface area contributed by atoms with E-state index in [2.05, 4.69) is 12.2 Å². The first-order valence-electron chi connectivity index (χ1n) is 7.53. The molecule has 1 aromatic carbocycles. The molecule has 22 heavy (non-hydrogen) atoms. The maximum atomic E-state index is 12.2. The van der Waals surface area contributed by atoms with Gasteiger partial charge in [-0.3, -0.25) is 9.59 Å². The van der Waals surface area contributed by atoms with E-state index in [9.17, 15) is 9.59 Å². The molecule has 1 atom stereocenters. The molecule has 2 amide bonds. The van der Waals surface area contributed by atoms with Crippen molar-refractivity contribution in [2.24, 2.45) is 11.7 Å². The number of anilines is 1. The van der Waals surface area contributed by atoms with Crippen LogP contribution < -0.4 is 16.0 Å². The molecule has 1 fully saturated rings. The molecule has 1 heterocycles. The highest BCUT2D eigenvalue weighted by molar-refractivity contribution is 6.00. The lowest BCUT2D eigenvalue weighted by Crippen LogP contribution is -2.34.